The Kier molecular flexibility index (Phi) is 6.02. The van der Waals surface area contributed by atoms with E-state index in [1.54, 1.807) is 16.8 Å². The third-order valence-corrected chi connectivity index (χ3v) is 7.05. The number of fused-ring (bicyclic) bond motifs is 1. The Morgan fingerprint density at radius 2 is 1.91 bits per heavy atom. The Labute approximate surface area is 207 Å². The van der Waals surface area contributed by atoms with Crippen molar-refractivity contribution in [2.24, 2.45) is 5.41 Å². The van der Waals surface area contributed by atoms with E-state index >= 15 is 0 Å². The molecule has 1 atom stereocenters. The first-order valence-electron chi connectivity index (χ1n) is 11.4. The normalized spacial score (nSPS) is 18.8. The third-order valence-electron chi connectivity index (χ3n) is 6.14. The van der Waals surface area contributed by atoms with Gasteiger partial charge in [-0.15, -0.1) is 5.10 Å². The number of benzene rings is 2. The van der Waals surface area contributed by atoms with Crippen molar-refractivity contribution in [3.8, 4) is 0 Å². The summed E-state index contributed by atoms with van der Waals surface area (Å²) in [6.45, 7) is 4.21. The van der Waals surface area contributed by atoms with Crippen LogP contribution < -0.4 is 5.32 Å². The van der Waals surface area contributed by atoms with Crippen LogP contribution in [0.25, 0.3) is 6.08 Å². The first-order valence-corrected chi connectivity index (χ1v) is 12.4. The summed E-state index contributed by atoms with van der Waals surface area (Å²) >= 11 is 1.45. The fraction of sp³-hybridized carbons (Fsp3) is 0.269. The van der Waals surface area contributed by atoms with Gasteiger partial charge in [0, 0.05) is 35.6 Å². The van der Waals surface area contributed by atoms with Crippen molar-refractivity contribution in [3.05, 3.63) is 93.2 Å². The summed E-state index contributed by atoms with van der Waals surface area (Å²) in [5.41, 5.74) is 3.60. The number of carbonyl (C=O) groups excluding carboxylic acids is 1. The van der Waals surface area contributed by atoms with E-state index in [2.05, 4.69) is 19.2 Å². The average Bonchev–Trinajstić information content (AvgIpc) is 3.23. The SMILES string of the molecule is CC1(C)CC(=O)C2=C(C1)Nc1nc(SCc3ccc([N+](=O)[O-])cc3)nn1C2C=Cc1ccccc1. The molecular weight excluding hydrogens is 462 g/mol. The standard InChI is InChI=1S/C26H25N5O3S/c1-26(2)14-20-23(22(32)15-26)21(13-10-17-6-4-3-5-7-17)30-24(27-20)28-25(29-30)35-16-18-8-11-19(12-9-18)31(33)34/h3-13,21H,14-16H2,1-2H3,(H,27,28,29). The number of thioether (sulfide) groups is 1. The lowest BCUT2D eigenvalue weighted by molar-refractivity contribution is -0.384. The third kappa shape index (κ3) is 4.90. The molecule has 2 heterocycles. The number of anilines is 1. The molecule has 8 nitrogen and oxygen atoms in total. The van der Waals surface area contributed by atoms with Crippen LogP contribution in [-0.2, 0) is 10.5 Å². The number of hydrogen-bond donors (Lipinski definition) is 1. The Balaban J connectivity index is 1.43. The predicted octanol–water partition coefficient (Wildman–Crippen LogP) is 5.80. The van der Waals surface area contributed by atoms with E-state index < -0.39 is 4.92 Å². The lowest BCUT2D eigenvalue weighted by atomic mass is 9.74. The molecule has 1 aromatic heterocycles. The van der Waals surface area contributed by atoms with Crippen LogP contribution >= 0.6 is 11.8 Å². The monoisotopic (exact) mass is 487 g/mol. The number of hydrogen-bond acceptors (Lipinski definition) is 7. The van der Waals surface area contributed by atoms with E-state index in [0.717, 1.165) is 28.8 Å². The summed E-state index contributed by atoms with van der Waals surface area (Å²) in [7, 11) is 0. The number of nitro benzene ring substituents is 1. The molecule has 0 amide bonds. The number of allylic oxidation sites excluding steroid dienone is 3. The first kappa shape index (κ1) is 23.0. The summed E-state index contributed by atoms with van der Waals surface area (Å²) in [4.78, 5) is 28.4. The second-order valence-corrected chi connectivity index (χ2v) is 10.5. The van der Waals surface area contributed by atoms with E-state index in [9.17, 15) is 14.9 Å². The molecule has 0 saturated heterocycles. The highest BCUT2D eigenvalue weighted by atomic mass is 32.2. The largest absolute Gasteiger partial charge is 0.328 e. The molecule has 0 fully saturated rings. The number of non-ortho nitro benzene ring substituents is 1. The zero-order valence-electron chi connectivity index (χ0n) is 19.5. The van der Waals surface area contributed by atoms with E-state index in [4.69, 9.17) is 10.1 Å². The average molecular weight is 488 g/mol. The van der Waals surface area contributed by atoms with Crippen molar-refractivity contribution in [1.29, 1.82) is 0 Å². The maximum atomic E-state index is 13.2. The molecular formula is C26H25N5O3S. The van der Waals surface area contributed by atoms with Crippen LogP contribution in [0.1, 0.15) is 43.9 Å². The summed E-state index contributed by atoms with van der Waals surface area (Å²) in [6, 6.07) is 16.1. The molecule has 35 heavy (non-hydrogen) atoms. The number of rotatable bonds is 6. The maximum absolute atomic E-state index is 13.2. The lowest BCUT2D eigenvalue weighted by Crippen LogP contribution is -2.35. The summed E-state index contributed by atoms with van der Waals surface area (Å²) in [5.74, 6) is 1.32. The molecule has 2 aliphatic rings. The Morgan fingerprint density at radius 1 is 1.17 bits per heavy atom. The predicted molar refractivity (Wildman–Crippen MR) is 136 cm³/mol. The zero-order chi connectivity index (χ0) is 24.6. The van der Waals surface area contributed by atoms with Gasteiger partial charge >= 0.3 is 0 Å². The number of ketones is 1. The van der Waals surface area contributed by atoms with Gasteiger partial charge in [0.1, 0.15) is 6.04 Å². The highest BCUT2D eigenvalue weighted by Crippen LogP contribution is 2.44. The number of nitrogens with zero attached hydrogens (tertiary/aromatic N) is 4. The number of carbonyl (C=O) groups is 1. The van der Waals surface area contributed by atoms with E-state index in [0.29, 0.717) is 23.3 Å². The fourth-order valence-corrected chi connectivity index (χ4v) is 5.28. The van der Waals surface area contributed by atoms with Gasteiger partial charge < -0.3 is 5.32 Å². The van der Waals surface area contributed by atoms with Gasteiger partial charge in [0.15, 0.2) is 5.78 Å². The van der Waals surface area contributed by atoms with Gasteiger partial charge in [-0.1, -0.05) is 80.2 Å². The molecule has 2 aromatic carbocycles. The van der Waals surface area contributed by atoms with Gasteiger partial charge in [0.2, 0.25) is 11.1 Å². The van der Waals surface area contributed by atoms with Crippen molar-refractivity contribution in [1.82, 2.24) is 14.8 Å². The molecule has 1 aliphatic carbocycles. The van der Waals surface area contributed by atoms with E-state index in [-0.39, 0.29) is 22.9 Å². The van der Waals surface area contributed by atoms with Gasteiger partial charge in [-0.25, -0.2) is 4.68 Å². The minimum atomic E-state index is -0.409. The van der Waals surface area contributed by atoms with Crippen molar-refractivity contribution in [2.45, 2.75) is 43.6 Å². The van der Waals surface area contributed by atoms with Crippen LogP contribution in [-0.4, -0.2) is 25.5 Å². The van der Waals surface area contributed by atoms with E-state index in [1.807, 2.05) is 42.5 Å². The Morgan fingerprint density at radius 3 is 2.63 bits per heavy atom. The van der Waals surface area contributed by atoms with Crippen molar-refractivity contribution in [3.63, 3.8) is 0 Å². The molecule has 0 bridgehead atoms. The van der Waals surface area contributed by atoms with Gasteiger partial charge in [-0.3, -0.25) is 14.9 Å². The molecule has 3 aromatic rings. The summed E-state index contributed by atoms with van der Waals surface area (Å²) < 4.78 is 1.78. The molecule has 1 unspecified atom stereocenters. The van der Waals surface area contributed by atoms with Crippen LogP contribution in [0, 0.1) is 15.5 Å². The molecule has 0 spiro atoms. The minimum Gasteiger partial charge on any atom is -0.328 e. The van der Waals surface area contributed by atoms with Crippen LogP contribution in [0.4, 0.5) is 11.6 Å². The number of aromatic nitrogens is 3. The highest BCUT2D eigenvalue weighted by molar-refractivity contribution is 7.98. The van der Waals surface area contributed by atoms with Gasteiger partial charge in [-0.2, -0.15) is 4.98 Å². The topological polar surface area (TPSA) is 103 Å². The molecule has 0 radical (unpaired) electrons. The maximum Gasteiger partial charge on any atom is 0.269 e. The van der Waals surface area contributed by atoms with Gasteiger partial charge in [0.25, 0.3) is 5.69 Å². The Bertz CT molecular complexity index is 1340. The summed E-state index contributed by atoms with van der Waals surface area (Å²) in [5, 5.41) is 19.6. The van der Waals surface area contributed by atoms with Crippen LogP contribution in [0.3, 0.4) is 0 Å². The molecule has 0 saturated carbocycles. The van der Waals surface area contributed by atoms with Crippen molar-refractivity contribution < 1.29 is 9.72 Å². The molecule has 1 N–H and O–H groups in total. The first-order chi connectivity index (χ1) is 16.8. The number of nitro groups is 1. The van der Waals surface area contributed by atoms with Gasteiger partial charge in [0.05, 0.1) is 4.92 Å². The highest BCUT2D eigenvalue weighted by Gasteiger charge is 2.40. The summed E-state index contributed by atoms with van der Waals surface area (Å²) in [6.07, 6.45) is 5.30. The molecule has 178 valence electrons. The Hall–Kier alpha value is -3.72. The molecule has 5 rings (SSSR count). The fourth-order valence-electron chi connectivity index (χ4n) is 4.50. The second-order valence-electron chi connectivity index (χ2n) is 9.55. The zero-order valence-corrected chi connectivity index (χ0v) is 20.3. The van der Waals surface area contributed by atoms with Gasteiger partial charge in [-0.05, 0) is 23.0 Å². The molecule has 1 aliphatic heterocycles. The lowest BCUT2D eigenvalue weighted by Gasteiger charge is -2.37. The number of nitrogens with one attached hydrogen (secondary N) is 1. The second kappa shape index (κ2) is 9.14. The van der Waals surface area contributed by atoms with Crippen LogP contribution in [0.15, 0.2) is 77.1 Å². The minimum absolute atomic E-state index is 0.0656. The smallest absolute Gasteiger partial charge is 0.269 e. The van der Waals surface area contributed by atoms with Crippen LogP contribution in [0.5, 0.6) is 0 Å². The van der Waals surface area contributed by atoms with Crippen molar-refractivity contribution >= 4 is 35.3 Å². The molecule has 9 heteroatoms. The quantitative estimate of drug-likeness (QED) is 0.266. The number of Topliss-reactive ketones (excluding diaryl/α,β-unsaturated/α-hetero) is 1. The van der Waals surface area contributed by atoms with Crippen molar-refractivity contribution in [2.75, 3.05) is 5.32 Å². The van der Waals surface area contributed by atoms with E-state index in [1.165, 1.54) is 23.9 Å². The van der Waals surface area contributed by atoms with Crippen LogP contribution in [0.2, 0.25) is 0 Å².